The van der Waals surface area contributed by atoms with Crippen molar-refractivity contribution in [2.24, 2.45) is 0 Å². The molecule has 0 aliphatic carbocycles. The molecule has 1 aromatic rings. The molecule has 0 aliphatic heterocycles. The minimum absolute atomic E-state index is 0.0480. The van der Waals surface area contributed by atoms with Crippen molar-refractivity contribution in [3.63, 3.8) is 0 Å². The number of ether oxygens (including phenoxy) is 3. The Labute approximate surface area is 115 Å². The highest BCUT2D eigenvalue weighted by molar-refractivity contribution is 5.79. The van der Waals surface area contributed by atoms with Gasteiger partial charge in [-0.25, -0.2) is 4.79 Å². The molecule has 0 amide bonds. The van der Waals surface area contributed by atoms with Crippen LogP contribution in [0.25, 0.3) is 0 Å². The number of rotatable bonds is 6. The lowest BCUT2D eigenvalue weighted by Crippen LogP contribution is -2.29. The number of methoxy groups -OCH3 is 3. The van der Waals surface area contributed by atoms with Crippen molar-refractivity contribution in [1.82, 2.24) is 0 Å². The molecule has 7 heteroatoms. The van der Waals surface area contributed by atoms with Gasteiger partial charge in [0.05, 0.1) is 21.3 Å². The Morgan fingerprint density at radius 1 is 1.20 bits per heavy atom. The number of hydrogen-bond donors (Lipinski definition) is 2. The van der Waals surface area contributed by atoms with E-state index in [0.717, 1.165) is 7.11 Å². The molecule has 0 fully saturated rings. The van der Waals surface area contributed by atoms with Crippen molar-refractivity contribution in [3.8, 4) is 11.5 Å². The van der Waals surface area contributed by atoms with Gasteiger partial charge in [0.1, 0.15) is 12.4 Å². The van der Waals surface area contributed by atoms with Crippen LogP contribution in [-0.4, -0.2) is 49.9 Å². The molecule has 0 bridgehead atoms. The highest BCUT2D eigenvalue weighted by Gasteiger charge is 2.30. The summed E-state index contributed by atoms with van der Waals surface area (Å²) in [4.78, 5) is 22.1. The van der Waals surface area contributed by atoms with E-state index in [9.17, 15) is 19.8 Å². The number of hydrogen-bond acceptors (Lipinski definition) is 7. The van der Waals surface area contributed by atoms with E-state index in [-0.39, 0.29) is 22.6 Å². The number of aldehydes is 1. The van der Waals surface area contributed by atoms with Crippen molar-refractivity contribution in [2.75, 3.05) is 21.3 Å². The van der Waals surface area contributed by atoms with Crippen LogP contribution in [0.3, 0.4) is 0 Å². The number of aliphatic hydroxyl groups is 2. The molecule has 2 atom stereocenters. The lowest BCUT2D eigenvalue weighted by Gasteiger charge is -2.20. The molecule has 1 rings (SSSR count). The second kappa shape index (κ2) is 6.88. The van der Waals surface area contributed by atoms with Gasteiger partial charge in [0.2, 0.25) is 0 Å². The van der Waals surface area contributed by atoms with Crippen LogP contribution in [0.5, 0.6) is 11.5 Å². The van der Waals surface area contributed by atoms with Crippen molar-refractivity contribution in [1.29, 1.82) is 0 Å². The van der Waals surface area contributed by atoms with Crippen LogP contribution in [0.15, 0.2) is 12.1 Å². The van der Waals surface area contributed by atoms with Crippen LogP contribution in [0.4, 0.5) is 0 Å². The van der Waals surface area contributed by atoms with Crippen molar-refractivity contribution >= 4 is 12.3 Å². The molecule has 0 heterocycles. The highest BCUT2D eigenvalue weighted by Crippen LogP contribution is 2.37. The maximum absolute atomic E-state index is 11.3. The van der Waals surface area contributed by atoms with E-state index >= 15 is 0 Å². The van der Waals surface area contributed by atoms with Gasteiger partial charge < -0.3 is 24.4 Å². The Morgan fingerprint density at radius 3 is 2.30 bits per heavy atom. The maximum atomic E-state index is 11.3. The third-order valence-corrected chi connectivity index (χ3v) is 2.73. The minimum atomic E-state index is -1.81. The monoisotopic (exact) mass is 284 g/mol. The number of aliphatic hydroxyl groups excluding tert-OH is 2. The van der Waals surface area contributed by atoms with Gasteiger partial charge in [-0.15, -0.1) is 0 Å². The summed E-state index contributed by atoms with van der Waals surface area (Å²) in [5, 5.41) is 19.7. The van der Waals surface area contributed by atoms with Gasteiger partial charge in [-0.2, -0.15) is 0 Å². The molecule has 20 heavy (non-hydrogen) atoms. The normalized spacial score (nSPS) is 13.2. The predicted molar refractivity (Wildman–Crippen MR) is 67.9 cm³/mol. The summed E-state index contributed by atoms with van der Waals surface area (Å²) in [6, 6.07) is 2.71. The molecule has 0 saturated carbocycles. The summed E-state index contributed by atoms with van der Waals surface area (Å²) in [7, 11) is 3.77. The summed E-state index contributed by atoms with van der Waals surface area (Å²) < 4.78 is 14.5. The molecule has 0 radical (unpaired) electrons. The second-order valence-corrected chi connectivity index (χ2v) is 3.88. The molecule has 0 aromatic heterocycles. The van der Waals surface area contributed by atoms with Crippen LogP contribution in [0.1, 0.15) is 22.0 Å². The first-order valence-electron chi connectivity index (χ1n) is 5.65. The third kappa shape index (κ3) is 3.06. The van der Waals surface area contributed by atoms with Crippen LogP contribution < -0.4 is 9.47 Å². The van der Waals surface area contributed by atoms with E-state index in [2.05, 4.69) is 4.74 Å². The largest absolute Gasteiger partial charge is 0.493 e. The van der Waals surface area contributed by atoms with E-state index in [0.29, 0.717) is 6.29 Å². The molecule has 0 aliphatic rings. The van der Waals surface area contributed by atoms with Crippen molar-refractivity contribution < 1.29 is 34.0 Å². The molecular weight excluding hydrogens is 268 g/mol. The number of carbonyl (C=O) groups excluding carboxylic acids is 2. The molecule has 110 valence electrons. The quantitative estimate of drug-likeness (QED) is 0.563. The molecule has 2 unspecified atom stereocenters. The van der Waals surface area contributed by atoms with Gasteiger partial charge in [-0.3, -0.25) is 4.79 Å². The van der Waals surface area contributed by atoms with Crippen LogP contribution in [0, 0.1) is 0 Å². The molecule has 0 saturated heterocycles. The van der Waals surface area contributed by atoms with Gasteiger partial charge in [0, 0.05) is 11.1 Å². The van der Waals surface area contributed by atoms with Gasteiger partial charge >= 0.3 is 5.97 Å². The standard InChI is InChI=1S/C13H16O7/c1-18-9-5-7(6-14)4-8(12(9)19-2)10(15)11(16)13(17)20-3/h4-6,10-11,15-16H,1-3H3. The first-order valence-corrected chi connectivity index (χ1v) is 5.65. The SMILES string of the molecule is COC(=O)C(O)C(O)c1cc(C=O)cc(OC)c1OC. The summed E-state index contributed by atoms with van der Waals surface area (Å²) in [6.07, 6.45) is -2.88. The topological polar surface area (TPSA) is 102 Å². The fourth-order valence-electron chi connectivity index (χ4n) is 1.72. The Kier molecular flexibility index (Phi) is 5.48. The van der Waals surface area contributed by atoms with E-state index in [1.165, 1.54) is 26.4 Å². The van der Waals surface area contributed by atoms with Crippen LogP contribution in [0.2, 0.25) is 0 Å². The fourth-order valence-corrected chi connectivity index (χ4v) is 1.72. The fraction of sp³-hybridized carbons (Fsp3) is 0.385. The summed E-state index contributed by atoms with van der Waals surface area (Å²) in [6.45, 7) is 0. The summed E-state index contributed by atoms with van der Waals surface area (Å²) in [5.41, 5.74) is 0.251. The summed E-state index contributed by atoms with van der Waals surface area (Å²) in [5.74, 6) is -0.688. The smallest absolute Gasteiger partial charge is 0.337 e. The molecule has 7 nitrogen and oxygen atoms in total. The lowest BCUT2D eigenvalue weighted by molar-refractivity contribution is -0.156. The van der Waals surface area contributed by atoms with Gasteiger partial charge in [0.25, 0.3) is 0 Å². The second-order valence-electron chi connectivity index (χ2n) is 3.88. The maximum Gasteiger partial charge on any atom is 0.337 e. The van der Waals surface area contributed by atoms with E-state index in [4.69, 9.17) is 9.47 Å². The van der Waals surface area contributed by atoms with Crippen molar-refractivity contribution in [3.05, 3.63) is 23.3 Å². The number of carbonyl (C=O) groups is 2. The average molecular weight is 284 g/mol. The van der Waals surface area contributed by atoms with Crippen LogP contribution >= 0.6 is 0 Å². The highest BCUT2D eigenvalue weighted by atomic mass is 16.5. The Balaban J connectivity index is 3.33. The molecule has 2 N–H and O–H groups in total. The Bertz CT molecular complexity index is 498. The Morgan fingerprint density at radius 2 is 1.85 bits per heavy atom. The molecule has 1 aromatic carbocycles. The summed E-state index contributed by atoms with van der Waals surface area (Å²) >= 11 is 0. The molecular formula is C13H16O7. The van der Waals surface area contributed by atoms with Crippen LogP contribution in [-0.2, 0) is 9.53 Å². The van der Waals surface area contributed by atoms with Crippen molar-refractivity contribution in [2.45, 2.75) is 12.2 Å². The van der Waals surface area contributed by atoms with Gasteiger partial charge in [-0.05, 0) is 12.1 Å². The third-order valence-electron chi connectivity index (χ3n) is 2.73. The first kappa shape index (κ1) is 15.9. The van der Waals surface area contributed by atoms with Gasteiger partial charge in [0.15, 0.2) is 17.6 Å². The first-order chi connectivity index (χ1) is 9.49. The Hall–Kier alpha value is -2.12. The zero-order valence-electron chi connectivity index (χ0n) is 11.3. The number of benzene rings is 1. The molecule has 0 spiro atoms. The van der Waals surface area contributed by atoms with E-state index < -0.39 is 18.2 Å². The minimum Gasteiger partial charge on any atom is -0.493 e. The zero-order valence-corrected chi connectivity index (χ0v) is 11.3. The van der Waals surface area contributed by atoms with Gasteiger partial charge in [-0.1, -0.05) is 0 Å². The van der Waals surface area contributed by atoms with E-state index in [1.54, 1.807) is 0 Å². The predicted octanol–water partition coefficient (Wildman–Crippen LogP) is 0.0836. The number of esters is 1. The average Bonchev–Trinajstić information content (AvgIpc) is 2.50. The zero-order chi connectivity index (χ0) is 15.3. The van der Waals surface area contributed by atoms with E-state index in [1.807, 2.05) is 0 Å². The lowest BCUT2D eigenvalue weighted by atomic mass is 10.00.